The Bertz CT molecular complexity index is 1200. The number of ether oxygens (including phenoxy) is 1. The number of amides is 1. The van der Waals surface area contributed by atoms with Crippen LogP contribution in [0.2, 0.25) is 0 Å². The van der Waals surface area contributed by atoms with Crippen molar-refractivity contribution in [3.8, 4) is 11.3 Å². The van der Waals surface area contributed by atoms with Crippen molar-refractivity contribution in [1.29, 1.82) is 0 Å². The third-order valence-electron chi connectivity index (χ3n) is 5.17. The number of rotatable bonds is 4. The summed E-state index contributed by atoms with van der Waals surface area (Å²) in [6.07, 6.45) is 0.619. The number of halogens is 1. The highest BCUT2D eigenvalue weighted by Gasteiger charge is 2.27. The van der Waals surface area contributed by atoms with Crippen molar-refractivity contribution in [2.75, 3.05) is 18.6 Å². The zero-order valence-corrected chi connectivity index (χ0v) is 17.3. The van der Waals surface area contributed by atoms with Gasteiger partial charge in [-0.1, -0.05) is 11.3 Å². The summed E-state index contributed by atoms with van der Waals surface area (Å²) in [6, 6.07) is 11.0. The zero-order valence-electron chi connectivity index (χ0n) is 16.5. The molecule has 0 bridgehead atoms. The molecule has 0 unspecified atom stereocenters. The van der Waals surface area contributed by atoms with Crippen molar-refractivity contribution >= 4 is 28.9 Å². The number of benzene rings is 2. The Morgan fingerprint density at radius 1 is 1.17 bits per heavy atom. The number of methoxy groups -OCH3 is 1. The molecule has 1 amide bonds. The van der Waals surface area contributed by atoms with Crippen molar-refractivity contribution in [3.63, 3.8) is 0 Å². The van der Waals surface area contributed by atoms with Crippen LogP contribution >= 0.6 is 11.3 Å². The Kier molecular flexibility index (Phi) is 5.26. The van der Waals surface area contributed by atoms with Gasteiger partial charge in [0.2, 0.25) is 5.91 Å². The zero-order chi connectivity index (χ0) is 21.4. The number of aromatic nitrogens is 1. The van der Waals surface area contributed by atoms with E-state index < -0.39 is 5.97 Å². The van der Waals surface area contributed by atoms with Gasteiger partial charge in [0.1, 0.15) is 12.4 Å². The Labute approximate surface area is 176 Å². The van der Waals surface area contributed by atoms with E-state index in [0.29, 0.717) is 29.8 Å². The van der Waals surface area contributed by atoms with Gasteiger partial charge in [-0.15, -0.1) is 0 Å². The molecule has 0 spiro atoms. The number of aryl methyl sites for hydroxylation is 1. The molecule has 2 aromatic carbocycles. The van der Waals surface area contributed by atoms with E-state index in [-0.39, 0.29) is 23.1 Å². The van der Waals surface area contributed by atoms with Crippen molar-refractivity contribution in [3.05, 3.63) is 74.0 Å². The maximum atomic E-state index is 13.3. The van der Waals surface area contributed by atoms with Gasteiger partial charge in [0.15, 0.2) is 0 Å². The van der Waals surface area contributed by atoms with Gasteiger partial charge in [0.25, 0.3) is 0 Å². The van der Waals surface area contributed by atoms with Crippen LogP contribution in [-0.2, 0) is 22.5 Å². The van der Waals surface area contributed by atoms with Gasteiger partial charge in [-0.2, -0.15) is 0 Å². The van der Waals surface area contributed by atoms with Gasteiger partial charge in [0.05, 0.1) is 18.4 Å². The molecule has 1 aliphatic rings. The minimum absolute atomic E-state index is 0.117. The fourth-order valence-corrected chi connectivity index (χ4v) is 4.61. The average Bonchev–Trinajstić information content (AvgIpc) is 3.28. The standard InChI is InChI=1S/C22H19FN2O4S/c1-13-20(14-3-6-17(23)7-4-14)25(22(28)30-13)12-19(26)24-10-9-15-11-16(21(27)29-2)5-8-18(15)24/h3-8,11H,9-10,12H2,1-2H3. The fourth-order valence-electron chi connectivity index (χ4n) is 3.75. The quantitative estimate of drug-likeness (QED) is 0.600. The Hall–Kier alpha value is -3.26. The molecule has 1 aliphatic heterocycles. The molecule has 0 saturated heterocycles. The summed E-state index contributed by atoms with van der Waals surface area (Å²) < 4.78 is 19.5. The predicted molar refractivity (Wildman–Crippen MR) is 113 cm³/mol. The first-order valence-corrected chi connectivity index (χ1v) is 10.2. The van der Waals surface area contributed by atoms with Crippen molar-refractivity contribution in [2.45, 2.75) is 19.9 Å². The lowest BCUT2D eigenvalue weighted by atomic mass is 10.1. The summed E-state index contributed by atoms with van der Waals surface area (Å²) in [5.74, 6) is -1.01. The molecule has 30 heavy (non-hydrogen) atoms. The summed E-state index contributed by atoms with van der Waals surface area (Å²) in [5, 5.41) is 0. The van der Waals surface area contributed by atoms with Gasteiger partial charge < -0.3 is 9.64 Å². The van der Waals surface area contributed by atoms with Gasteiger partial charge in [-0.3, -0.25) is 14.2 Å². The number of hydrogen-bond acceptors (Lipinski definition) is 5. The van der Waals surface area contributed by atoms with Crippen molar-refractivity contribution in [2.24, 2.45) is 0 Å². The Morgan fingerprint density at radius 2 is 1.90 bits per heavy atom. The molecule has 8 heteroatoms. The maximum absolute atomic E-state index is 13.3. The molecule has 0 N–H and O–H groups in total. The van der Waals surface area contributed by atoms with E-state index in [2.05, 4.69) is 0 Å². The van der Waals surface area contributed by atoms with Crippen molar-refractivity contribution < 1.29 is 18.7 Å². The second-order valence-corrected chi connectivity index (χ2v) is 8.16. The molecule has 2 heterocycles. The van der Waals surface area contributed by atoms with Crippen LogP contribution < -0.4 is 9.77 Å². The van der Waals surface area contributed by atoms with E-state index in [1.54, 1.807) is 35.2 Å². The smallest absolute Gasteiger partial charge is 0.337 e. The molecule has 0 fully saturated rings. The first-order valence-electron chi connectivity index (χ1n) is 9.37. The lowest BCUT2D eigenvalue weighted by Gasteiger charge is -2.18. The topological polar surface area (TPSA) is 68.6 Å². The highest BCUT2D eigenvalue weighted by atomic mass is 32.1. The van der Waals surface area contributed by atoms with Gasteiger partial charge in [-0.25, -0.2) is 9.18 Å². The van der Waals surface area contributed by atoms with E-state index in [0.717, 1.165) is 27.5 Å². The normalized spacial score (nSPS) is 12.7. The molecular formula is C22H19FN2O4S. The average molecular weight is 426 g/mol. The summed E-state index contributed by atoms with van der Waals surface area (Å²) in [5.41, 5.74) is 3.37. The van der Waals surface area contributed by atoms with E-state index in [1.807, 2.05) is 6.92 Å². The van der Waals surface area contributed by atoms with Crippen molar-refractivity contribution in [1.82, 2.24) is 4.57 Å². The second-order valence-electron chi connectivity index (χ2n) is 7.00. The molecule has 0 radical (unpaired) electrons. The van der Waals surface area contributed by atoms with Crippen LogP contribution in [0.3, 0.4) is 0 Å². The fraction of sp³-hybridized carbons (Fsp3) is 0.227. The summed E-state index contributed by atoms with van der Waals surface area (Å²) >= 11 is 1.06. The maximum Gasteiger partial charge on any atom is 0.337 e. The number of nitrogens with zero attached hydrogens (tertiary/aromatic N) is 2. The van der Waals surface area contributed by atoms with Crippen LogP contribution in [-0.4, -0.2) is 30.1 Å². The number of fused-ring (bicyclic) bond motifs is 1. The van der Waals surface area contributed by atoms with Crippen LogP contribution in [0.5, 0.6) is 0 Å². The Morgan fingerprint density at radius 3 is 2.60 bits per heavy atom. The van der Waals surface area contributed by atoms with Crippen LogP contribution in [0.1, 0.15) is 20.8 Å². The van der Waals surface area contributed by atoms with Crippen LogP contribution in [0.25, 0.3) is 11.3 Å². The predicted octanol–water partition coefficient (Wildman–Crippen LogP) is 3.40. The molecule has 4 rings (SSSR count). The highest BCUT2D eigenvalue weighted by molar-refractivity contribution is 7.09. The minimum Gasteiger partial charge on any atom is -0.465 e. The first-order chi connectivity index (χ1) is 14.4. The largest absolute Gasteiger partial charge is 0.465 e. The lowest BCUT2D eigenvalue weighted by molar-refractivity contribution is -0.119. The number of hydrogen-bond donors (Lipinski definition) is 0. The van der Waals surface area contributed by atoms with E-state index >= 15 is 0 Å². The molecule has 0 atom stereocenters. The van der Waals surface area contributed by atoms with Crippen LogP contribution in [0.4, 0.5) is 10.1 Å². The number of anilines is 1. The third kappa shape index (κ3) is 3.54. The van der Waals surface area contributed by atoms with E-state index in [4.69, 9.17) is 4.74 Å². The van der Waals surface area contributed by atoms with Crippen LogP contribution in [0, 0.1) is 12.7 Å². The highest BCUT2D eigenvalue weighted by Crippen LogP contribution is 2.30. The van der Waals surface area contributed by atoms with E-state index in [1.165, 1.54) is 23.8 Å². The number of esters is 1. The molecular weight excluding hydrogens is 407 g/mol. The summed E-state index contributed by atoms with van der Waals surface area (Å²) in [6.45, 7) is 2.17. The van der Waals surface area contributed by atoms with Gasteiger partial charge in [-0.05, 0) is 66.9 Å². The number of carbonyl (C=O) groups is 2. The van der Waals surface area contributed by atoms with Gasteiger partial charge in [0, 0.05) is 17.1 Å². The lowest BCUT2D eigenvalue weighted by Crippen LogP contribution is -2.34. The summed E-state index contributed by atoms with van der Waals surface area (Å²) in [7, 11) is 1.32. The SMILES string of the molecule is COC(=O)c1ccc2c(c1)CCN2C(=O)Cn1c(-c2ccc(F)cc2)c(C)sc1=O. The minimum atomic E-state index is -0.424. The Balaban J connectivity index is 1.63. The molecule has 0 saturated carbocycles. The number of thiazole rings is 1. The third-order valence-corrected chi connectivity index (χ3v) is 6.07. The molecule has 154 valence electrons. The molecule has 6 nitrogen and oxygen atoms in total. The molecule has 3 aromatic rings. The second kappa shape index (κ2) is 7.87. The van der Waals surface area contributed by atoms with E-state index in [9.17, 15) is 18.8 Å². The number of carbonyl (C=O) groups excluding carboxylic acids is 2. The monoisotopic (exact) mass is 426 g/mol. The van der Waals surface area contributed by atoms with Gasteiger partial charge >= 0.3 is 10.8 Å². The molecule has 1 aromatic heterocycles. The summed E-state index contributed by atoms with van der Waals surface area (Å²) in [4.78, 5) is 39.5. The van der Waals surface area contributed by atoms with Crippen LogP contribution in [0.15, 0.2) is 47.3 Å². The molecule has 0 aliphatic carbocycles. The first kappa shape index (κ1) is 20.0.